The molecule has 0 radical (unpaired) electrons. The molecule has 1 N–H and O–H groups in total. The van der Waals surface area contributed by atoms with Crippen molar-refractivity contribution in [3.63, 3.8) is 0 Å². The number of hydrogen-bond acceptors (Lipinski definition) is 3. The summed E-state index contributed by atoms with van der Waals surface area (Å²) < 4.78 is 14.1. The van der Waals surface area contributed by atoms with Crippen molar-refractivity contribution in [1.29, 1.82) is 0 Å². The van der Waals surface area contributed by atoms with Crippen molar-refractivity contribution in [2.45, 2.75) is 30.3 Å². The van der Waals surface area contributed by atoms with E-state index in [1.54, 1.807) is 24.4 Å². The van der Waals surface area contributed by atoms with Gasteiger partial charge in [0.15, 0.2) is 0 Å². The van der Waals surface area contributed by atoms with Gasteiger partial charge in [0.25, 0.3) is 0 Å². The number of aromatic nitrogens is 1. The van der Waals surface area contributed by atoms with E-state index in [2.05, 4.69) is 24.1 Å². The van der Waals surface area contributed by atoms with Gasteiger partial charge in [-0.25, -0.2) is 9.37 Å². The van der Waals surface area contributed by atoms with Crippen molar-refractivity contribution in [2.24, 2.45) is 5.92 Å². The van der Waals surface area contributed by atoms with Crippen LogP contribution in [0.5, 0.6) is 0 Å². The summed E-state index contributed by atoms with van der Waals surface area (Å²) in [4.78, 5) is 4.82. The number of nitrogens with zero attached hydrogens (tertiary/aromatic N) is 1. The van der Waals surface area contributed by atoms with Crippen molar-refractivity contribution in [3.8, 4) is 0 Å². The summed E-state index contributed by atoms with van der Waals surface area (Å²) in [6, 6.07) is 8.71. The summed E-state index contributed by atoms with van der Waals surface area (Å²) in [5, 5.41) is 4.65. The van der Waals surface area contributed by atoms with E-state index in [1.807, 2.05) is 6.07 Å². The van der Waals surface area contributed by atoms with Gasteiger partial charge in [0.1, 0.15) is 10.8 Å². The van der Waals surface area contributed by atoms with Crippen molar-refractivity contribution >= 4 is 23.4 Å². The van der Waals surface area contributed by atoms with Crippen molar-refractivity contribution < 1.29 is 4.39 Å². The maximum absolute atomic E-state index is 14.1. The largest absolute Gasteiger partial charge is 0.312 e. The predicted octanol–water partition coefficient (Wildman–Crippen LogP) is 4.77. The van der Waals surface area contributed by atoms with E-state index in [4.69, 9.17) is 11.6 Å². The molecule has 0 unspecified atom stereocenters. The van der Waals surface area contributed by atoms with E-state index in [0.29, 0.717) is 22.4 Å². The minimum absolute atomic E-state index is 0.222. The lowest BCUT2D eigenvalue weighted by molar-refractivity contribution is 0.543. The molecule has 21 heavy (non-hydrogen) atoms. The second-order valence-electron chi connectivity index (χ2n) is 5.17. The zero-order valence-corrected chi connectivity index (χ0v) is 13.6. The third kappa shape index (κ3) is 4.99. The Bertz CT molecular complexity index is 587. The molecule has 0 fully saturated rings. The van der Waals surface area contributed by atoms with E-state index in [9.17, 15) is 4.39 Å². The number of rotatable bonds is 6. The van der Waals surface area contributed by atoms with Crippen LogP contribution in [-0.4, -0.2) is 11.5 Å². The monoisotopic (exact) mass is 324 g/mol. The lowest BCUT2D eigenvalue weighted by atomic mass is 10.2. The molecular formula is C16H18ClFN2S. The second kappa shape index (κ2) is 7.78. The van der Waals surface area contributed by atoms with Crippen LogP contribution in [0.25, 0.3) is 0 Å². The van der Waals surface area contributed by atoms with Crippen LogP contribution < -0.4 is 5.32 Å². The van der Waals surface area contributed by atoms with Gasteiger partial charge in [-0.2, -0.15) is 0 Å². The highest BCUT2D eigenvalue weighted by atomic mass is 35.5. The molecule has 2 rings (SSSR count). The predicted molar refractivity (Wildman–Crippen MR) is 86.3 cm³/mol. The summed E-state index contributed by atoms with van der Waals surface area (Å²) in [5.41, 5.74) is 0.942. The van der Waals surface area contributed by atoms with Gasteiger partial charge in [-0.1, -0.05) is 49.3 Å². The maximum atomic E-state index is 14.1. The first-order chi connectivity index (χ1) is 10.1. The number of nitrogens with one attached hydrogen (secondary N) is 1. The molecule has 5 heteroatoms. The Hall–Kier alpha value is -1.10. The molecule has 2 nitrogen and oxygen atoms in total. The SMILES string of the molecule is CC(C)CNCc1cccc(F)c1Sc1ccc(Cl)cn1. The number of pyridine rings is 1. The molecule has 1 heterocycles. The molecule has 1 aromatic carbocycles. The number of benzene rings is 1. The number of halogens is 2. The van der Waals surface area contributed by atoms with E-state index in [1.165, 1.54) is 17.8 Å². The fraction of sp³-hybridized carbons (Fsp3) is 0.312. The zero-order chi connectivity index (χ0) is 15.2. The standard InChI is InChI=1S/C16H18ClFN2S/c1-11(2)8-19-9-12-4-3-5-14(18)16(12)21-15-7-6-13(17)10-20-15/h3-7,10-11,19H,8-9H2,1-2H3. The fourth-order valence-electron chi connectivity index (χ4n) is 1.83. The highest BCUT2D eigenvalue weighted by Crippen LogP contribution is 2.32. The summed E-state index contributed by atoms with van der Waals surface area (Å²) in [5.74, 6) is 0.341. The first-order valence-corrected chi connectivity index (χ1v) is 8.03. The topological polar surface area (TPSA) is 24.9 Å². The molecule has 1 aromatic heterocycles. The first-order valence-electron chi connectivity index (χ1n) is 6.84. The highest BCUT2D eigenvalue weighted by Gasteiger charge is 2.11. The normalized spacial score (nSPS) is 11.1. The second-order valence-corrected chi connectivity index (χ2v) is 6.64. The molecule has 112 valence electrons. The molecule has 0 aliphatic rings. The van der Waals surface area contributed by atoms with Crippen LogP contribution in [0, 0.1) is 11.7 Å². The van der Waals surface area contributed by atoms with Crippen LogP contribution in [0.2, 0.25) is 5.02 Å². The molecule has 0 aliphatic carbocycles. The number of hydrogen-bond donors (Lipinski definition) is 1. The molecule has 2 aromatic rings. The van der Waals surface area contributed by atoms with Crippen LogP contribution in [0.15, 0.2) is 46.5 Å². The van der Waals surface area contributed by atoms with Gasteiger partial charge >= 0.3 is 0 Å². The van der Waals surface area contributed by atoms with E-state index in [0.717, 1.165) is 17.1 Å². The molecule has 0 saturated carbocycles. The Morgan fingerprint density at radius 3 is 2.76 bits per heavy atom. The molecule has 0 aliphatic heterocycles. The molecule has 0 spiro atoms. The molecule has 0 bridgehead atoms. The first kappa shape index (κ1) is 16.3. The lowest BCUT2D eigenvalue weighted by Crippen LogP contribution is -2.19. The summed E-state index contributed by atoms with van der Waals surface area (Å²) in [6.45, 7) is 5.84. The van der Waals surface area contributed by atoms with E-state index >= 15 is 0 Å². The summed E-state index contributed by atoms with van der Waals surface area (Å²) in [7, 11) is 0. The molecule has 0 amide bonds. The minimum Gasteiger partial charge on any atom is -0.312 e. The van der Waals surface area contributed by atoms with Gasteiger partial charge in [-0.3, -0.25) is 0 Å². The van der Waals surface area contributed by atoms with Crippen LogP contribution in [0.4, 0.5) is 4.39 Å². The highest BCUT2D eigenvalue weighted by molar-refractivity contribution is 7.99. The van der Waals surface area contributed by atoms with Crippen LogP contribution in [0.1, 0.15) is 19.4 Å². The average molecular weight is 325 g/mol. The van der Waals surface area contributed by atoms with Gasteiger partial charge in [0.2, 0.25) is 0 Å². The van der Waals surface area contributed by atoms with Crippen LogP contribution >= 0.6 is 23.4 Å². The Labute approximate surface area is 134 Å². The van der Waals surface area contributed by atoms with E-state index < -0.39 is 0 Å². The van der Waals surface area contributed by atoms with E-state index in [-0.39, 0.29) is 5.82 Å². The van der Waals surface area contributed by atoms with Crippen LogP contribution in [-0.2, 0) is 6.54 Å². The van der Waals surface area contributed by atoms with Crippen molar-refractivity contribution in [2.75, 3.05) is 6.54 Å². The lowest BCUT2D eigenvalue weighted by Gasteiger charge is -2.12. The quantitative estimate of drug-likeness (QED) is 0.828. The van der Waals surface area contributed by atoms with Crippen molar-refractivity contribution in [1.82, 2.24) is 10.3 Å². The fourth-order valence-corrected chi connectivity index (χ4v) is 2.83. The summed E-state index contributed by atoms with van der Waals surface area (Å²) >= 11 is 7.14. The van der Waals surface area contributed by atoms with Gasteiger partial charge < -0.3 is 5.32 Å². The Balaban J connectivity index is 2.15. The van der Waals surface area contributed by atoms with Gasteiger partial charge in [0, 0.05) is 12.7 Å². The average Bonchev–Trinajstić information content (AvgIpc) is 2.44. The van der Waals surface area contributed by atoms with Gasteiger partial charge in [-0.05, 0) is 36.2 Å². The Morgan fingerprint density at radius 1 is 1.29 bits per heavy atom. The smallest absolute Gasteiger partial charge is 0.137 e. The Morgan fingerprint density at radius 2 is 2.10 bits per heavy atom. The van der Waals surface area contributed by atoms with Gasteiger partial charge in [-0.15, -0.1) is 0 Å². The van der Waals surface area contributed by atoms with Gasteiger partial charge in [0.05, 0.1) is 9.92 Å². The Kier molecular flexibility index (Phi) is 6.03. The molecular weight excluding hydrogens is 307 g/mol. The van der Waals surface area contributed by atoms with Crippen molar-refractivity contribution in [3.05, 3.63) is 52.9 Å². The van der Waals surface area contributed by atoms with Crippen LogP contribution in [0.3, 0.4) is 0 Å². The third-order valence-electron chi connectivity index (χ3n) is 2.82. The summed E-state index contributed by atoms with van der Waals surface area (Å²) in [6.07, 6.45) is 1.57. The maximum Gasteiger partial charge on any atom is 0.137 e. The molecule has 0 saturated heterocycles. The zero-order valence-electron chi connectivity index (χ0n) is 12.1. The third-order valence-corrected chi connectivity index (χ3v) is 4.16. The minimum atomic E-state index is -0.222. The molecule has 0 atom stereocenters.